The maximum Gasteiger partial charge on any atom is 0.243 e. The molecule has 7 heteroatoms. The Labute approximate surface area is 109 Å². The summed E-state index contributed by atoms with van der Waals surface area (Å²) in [6, 6.07) is 1.68. The first-order valence-electron chi connectivity index (χ1n) is 4.86. The van der Waals surface area contributed by atoms with Crippen molar-refractivity contribution in [2.24, 2.45) is 0 Å². The highest BCUT2D eigenvalue weighted by atomic mass is 35.5. The molecule has 0 N–H and O–H groups in total. The van der Waals surface area contributed by atoms with Gasteiger partial charge in [-0.25, -0.2) is 8.42 Å². The summed E-state index contributed by atoms with van der Waals surface area (Å²) in [5.41, 5.74) is 0. The number of thiophene rings is 1. The molecule has 1 saturated heterocycles. The van der Waals surface area contributed by atoms with Crippen LogP contribution in [0.15, 0.2) is 16.3 Å². The molecule has 0 aliphatic carbocycles. The van der Waals surface area contributed by atoms with Gasteiger partial charge in [-0.05, 0) is 6.07 Å². The molecule has 0 atom stereocenters. The van der Waals surface area contributed by atoms with Gasteiger partial charge in [0.15, 0.2) is 0 Å². The van der Waals surface area contributed by atoms with Crippen LogP contribution >= 0.6 is 34.7 Å². The van der Waals surface area contributed by atoms with Gasteiger partial charge in [-0.3, -0.25) is 0 Å². The number of halogens is 1. The fourth-order valence-electron chi connectivity index (χ4n) is 1.50. The lowest BCUT2D eigenvalue weighted by Crippen LogP contribution is -2.37. The third-order valence-corrected chi connectivity index (χ3v) is 6.72. The van der Waals surface area contributed by atoms with Gasteiger partial charge in [0, 0.05) is 34.9 Å². The van der Waals surface area contributed by atoms with E-state index in [9.17, 15) is 8.42 Å². The van der Waals surface area contributed by atoms with E-state index in [0.717, 1.165) is 16.4 Å². The van der Waals surface area contributed by atoms with Crippen LogP contribution in [0.4, 0.5) is 0 Å². The number of thioether (sulfide) groups is 1. The van der Waals surface area contributed by atoms with E-state index in [1.165, 1.54) is 11.3 Å². The van der Waals surface area contributed by atoms with E-state index in [1.807, 2.05) is 0 Å². The van der Waals surface area contributed by atoms with Crippen LogP contribution in [0.2, 0.25) is 0 Å². The summed E-state index contributed by atoms with van der Waals surface area (Å²) in [7, 11) is -3.28. The van der Waals surface area contributed by atoms with Crippen molar-refractivity contribution in [1.82, 2.24) is 4.31 Å². The van der Waals surface area contributed by atoms with Crippen molar-refractivity contribution < 1.29 is 8.42 Å². The van der Waals surface area contributed by atoms with Gasteiger partial charge in [0.1, 0.15) is 0 Å². The molecule has 0 saturated carbocycles. The first-order valence-corrected chi connectivity index (χ1v) is 8.87. The largest absolute Gasteiger partial charge is 0.243 e. The zero-order valence-electron chi connectivity index (χ0n) is 8.56. The molecule has 1 aromatic rings. The molecule has 0 aromatic carbocycles. The first-order chi connectivity index (χ1) is 7.64. The number of nitrogens with zero attached hydrogens (tertiary/aromatic N) is 1. The number of hydrogen-bond donors (Lipinski definition) is 0. The van der Waals surface area contributed by atoms with Gasteiger partial charge in [-0.15, -0.1) is 22.9 Å². The van der Waals surface area contributed by atoms with E-state index in [4.69, 9.17) is 11.6 Å². The van der Waals surface area contributed by atoms with Gasteiger partial charge >= 0.3 is 0 Å². The average Bonchev–Trinajstić information content (AvgIpc) is 2.79. The highest BCUT2D eigenvalue weighted by molar-refractivity contribution is 7.99. The third-order valence-electron chi connectivity index (χ3n) is 2.37. The lowest BCUT2D eigenvalue weighted by molar-refractivity contribution is 0.444. The minimum absolute atomic E-state index is 0.371. The number of rotatable bonds is 3. The second-order valence-corrected chi connectivity index (χ2v) is 7.82. The maximum atomic E-state index is 12.2. The molecular formula is C9H12ClNO2S3. The molecule has 90 valence electrons. The van der Waals surface area contributed by atoms with Crippen LogP contribution in [0.25, 0.3) is 0 Å². The quantitative estimate of drug-likeness (QED) is 0.803. The summed E-state index contributed by atoms with van der Waals surface area (Å²) in [5.74, 6) is 2.13. The molecule has 1 aliphatic heterocycles. The molecule has 0 radical (unpaired) electrons. The Hall–Kier alpha value is 0.250. The second kappa shape index (κ2) is 5.27. The lowest BCUT2D eigenvalue weighted by Gasteiger charge is -2.24. The van der Waals surface area contributed by atoms with Crippen LogP contribution in [0.5, 0.6) is 0 Å². The Balaban J connectivity index is 2.23. The molecule has 0 spiro atoms. The predicted molar refractivity (Wildman–Crippen MR) is 70.0 cm³/mol. The summed E-state index contributed by atoms with van der Waals surface area (Å²) < 4.78 is 26.0. The van der Waals surface area contributed by atoms with E-state index in [2.05, 4.69) is 0 Å². The summed E-state index contributed by atoms with van der Waals surface area (Å²) in [6.07, 6.45) is 0. The monoisotopic (exact) mass is 297 g/mol. The number of alkyl halides is 1. The number of hydrogen-bond acceptors (Lipinski definition) is 4. The van der Waals surface area contributed by atoms with Crippen LogP contribution in [0, 0.1) is 0 Å². The highest BCUT2D eigenvalue weighted by Crippen LogP contribution is 2.25. The minimum Gasteiger partial charge on any atom is -0.207 e. The SMILES string of the molecule is O=S(=O)(c1csc(CCl)c1)N1CCSCC1. The van der Waals surface area contributed by atoms with Crippen molar-refractivity contribution in [1.29, 1.82) is 0 Å². The normalized spacial score (nSPS) is 18.8. The second-order valence-electron chi connectivity index (χ2n) is 3.40. The topological polar surface area (TPSA) is 37.4 Å². The molecule has 0 unspecified atom stereocenters. The molecule has 16 heavy (non-hydrogen) atoms. The van der Waals surface area contributed by atoms with E-state index in [-0.39, 0.29) is 0 Å². The Morgan fingerprint density at radius 3 is 2.62 bits per heavy atom. The van der Waals surface area contributed by atoms with Crippen LogP contribution < -0.4 is 0 Å². The van der Waals surface area contributed by atoms with E-state index in [1.54, 1.807) is 27.5 Å². The predicted octanol–water partition coefficient (Wildman–Crippen LogP) is 2.22. The van der Waals surface area contributed by atoms with Crippen LogP contribution in [0.3, 0.4) is 0 Å². The molecule has 1 fully saturated rings. The smallest absolute Gasteiger partial charge is 0.207 e. The van der Waals surface area contributed by atoms with Crippen molar-refractivity contribution in [2.75, 3.05) is 24.6 Å². The van der Waals surface area contributed by atoms with Gasteiger partial charge in [-0.1, -0.05) is 0 Å². The van der Waals surface area contributed by atoms with Gasteiger partial charge in [0.05, 0.1) is 10.8 Å². The molecule has 3 nitrogen and oxygen atoms in total. The Morgan fingerprint density at radius 1 is 1.38 bits per heavy atom. The zero-order valence-corrected chi connectivity index (χ0v) is 11.8. The van der Waals surface area contributed by atoms with Crippen molar-refractivity contribution in [3.63, 3.8) is 0 Å². The Morgan fingerprint density at radius 2 is 2.06 bits per heavy atom. The van der Waals surface area contributed by atoms with Gasteiger partial charge in [-0.2, -0.15) is 16.1 Å². The Bertz CT molecular complexity index is 451. The summed E-state index contributed by atoms with van der Waals surface area (Å²) in [4.78, 5) is 1.28. The van der Waals surface area contributed by atoms with Crippen molar-refractivity contribution in [3.05, 3.63) is 16.3 Å². The van der Waals surface area contributed by atoms with Crippen LogP contribution in [-0.4, -0.2) is 37.3 Å². The fourth-order valence-corrected chi connectivity index (χ4v) is 5.45. The summed E-state index contributed by atoms with van der Waals surface area (Å²) in [5, 5.41) is 1.68. The zero-order chi connectivity index (χ0) is 11.6. The minimum atomic E-state index is -3.28. The lowest BCUT2D eigenvalue weighted by atomic mass is 10.5. The standard InChI is InChI=1S/C9H12ClNO2S3/c10-6-8-5-9(7-15-8)16(12,13)11-1-3-14-4-2-11/h5,7H,1-4,6H2. The molecule has 2 heterocycles. The van der Waals surface area contributed by atoms with Crippen LogP contribution in [-0.2, 0) is 15.9 Å². The van der Waals surface area contributed by atoms with Crippen molar-refractivity contribution >= 4 is 44.7 Å². The molecule has 0 bridgehead atoms. The van der Waals surface area contributed by atoms with E-state index in [0.29, 0.717) is 23.9 Å². The third kappa shape index (κ3) is 2.56. The molecule has 1 aliphatic rings. The Kier molecular flexibility index (Phi) is 4.18. The number of sulfonamides is 1. The van der Waals surface area contributed by atoms with Crippen molar-refractivity contribution in [2.45, 2.75) is 10.8 Å². The molecule has 2 rings (SSSR count). The van der Waals surface area contributed by atoms with Gasteiger partial charge in [0.2, 0.25) is 10.0 Å². The summed E-state index contributed by atoms with van der Waals surface area (Å²) in [6.45, 7) is 1.22. The average molecular weight is 298 g/mol. The fraction of sp³-hybridized carbons (Fsp3) is 0.556. The van der Waals surface area contributed by atoms with Gasteiger partial charge in [0.25, 0.3) is 0 Å². The van der Waals surface area contributed by atoms with Gasteiger partial charge < -0.3 is 0 Å². The van der Waals surface area contributed by atoms with Crippen molar-refractivity contribution in [3.8, 4) is 0 Å². The molecule has 0 amide bonds. The molecule has 1 aromatic heterocycles. The van der Waals surface area contributed by atoms with E-state index < -0.39 is 10.0 Å². The molecular weight excluding hydrogens is 286 g/mol. The highest BCUT2D eigenvalue weighted by Gasteiger charge is 2.26. The maximum absolute atomic E-state index is 12.2. The first kappa shape index (κ1) is 12.7. The van der Waals surface area contributed by atoms with Crippen LogP contribution in [0.1, 0.15) is 4.88 Å². The van der Waals surface area contributed by atoms with E-state index >= 15 is 0 Å². The summed E-state index contributed by atoms with van der Waals surface area (Å²) >= 11 is 8.87.